The van der Waals surface area contributed by atoms with E-state index in [2.05, 4.69) is 15.9 Å². The molecule has 0 radical (unpaired) electrons. The summed E-state index contributed by atoms with van der Waals surface area (Å²) < 4.78 is 0. The van der Waals surface area contributed by atoms with E-state index < -0.39 is 0 Å². The molecule has 1 atom stereocenters. The summed E-state index contributed by atoms with van der Waals surface area (Å²) in [5.41, 5.74) is 1.38. The average Bonchev–Trinajstić information content (AvgIpc) is 2.66. The number of carbonyl (C=O) groups is 1. The Bertz CT molecular complexity index is 461. The molecule has 1 N–H and O–H groups in total. The largest absolute Gasteiger partial charge is 0.508 e. The third-order valence-corrected chi connectivity index (χ3v) is 4.52. The standard InChI is InChI=1S/C15H20BrNO2/c1-11-6-7-12(9-14(11)18)15(19)17-8-4-2-3-5-13(17)10-16/h6-7,9,13,18H,2-5,8,10H2,1H3. The number of hydrogen-bond acceptors (Lipinski definition) is 2. The quantitative estimate of drug-likeness (QED) is 0.845. The first-order valence-electron chi connectivity index (χ1n) is 6.80. The Morgan fingerprint density at radius 1 is 1.42 bits per heavy atom. The van der Waals surface area contributed by atoms with Crippen molar-refractivity contribution >= 4 is 21.8 Å². The van der Waals surface area contributed by atoms with Crippen molar-refractivity contribution in [1.82, 2.24) is 4.90 Å². The lowest BCUT2D eigenvalue weighted by Gasteiger charge is -2.29. The Morgan fingerprint density at radius 3 is 2.89 bits per heavy atom. The van der Waals surface area contributed by atoms with Crippen molar-refractivity contribution in [2.24, 2.45) is 0 Å². The highest BCUT2D eigenvalue weighted by atomic mass is 79.9. The van der Waals surface area contributed by atoms with Crippen LogP contribution in [0.5, 0.6) is 5.75 Å². The minimum Gasteiger partial charge on any atom is -0.508 e. The number of rotatable bonds is 2. The number of hydrogen-bond donors (Lipinski definition) is 1. The predicted octanol–water partition coefficient (Wildman–Crippen LogP) is 3.48. The second-order valence-corrected chi connectivity index (χ2v) is 5.80. The number of nitrogens with zero attached hydrogens (tertiary/aromatic N) is 1. The Balaban J connectivity index is 2.22. The van der Waals surface area contributed by atoms with E-state index in [1.807, 2.05) is 11.8 Å². The minimum atomic E-state index is 0.0293. The van der Waals surface area contributed by atoms with Crippen LogP contribution in [0.1, 0.15) is 41.6 Å². The van der Waals surface area contributed by atoms with Gasteiger partial charge in [-0.2, -0.15) is 0 Å². The zero-order valence-corrected chi connectivity index (χ0v) is 12.8. The molecule has 1 heterocycles. The molecule has 4 heteroatoms. The van der Waals surface area contributed by atoms with E-state index in [4.69, 9.17) is 0 Å². The zero-order chi connectivity index (χ0) is 13.8. The molecule has 0 bridgehead atoms. The monoisotopic (exact) mass is 325 g/mol. The molecule has 0 spiro atoms. The Labute approximate surface area is 122 Å². The lowest BCUT2D eigenvalue weighted by Crippen LogP contribution is -2.41. The number of phenolic OH excluding ortho intramolecular Hbond substituents is 1. The van der Waals surface area contributed by atoms with E-state index in [1.165, 1.54) is 12.8 Å². The SMILES string of the molecule is Cc1ccc(C(=O)N2CCCCCC2CBr)cc1O. The Hall–Kier alpha value is -1.03. The summed E-state index contributed by atoms with van der Waals surface area (Å²) in [5, 5.41) is 10.6. The lowest BCUT2D eigenvalue weighted by atomic mass is 10.1. The molecule has 1 aliphatic heterocycles. The molecule has 1 saturated heterocycles. The first-order valence-corrected chi connectivity index (χ1v) is 7.92. The number of likely N-dealkylation sites (tertiary alicyclic amines) is 1. The van der Waals surface area contributed by atoms with Crippen molar-refractivity contribution in [2.75, 3.05) is 11.9 Å². The fraction of sp³-hybridized carbons (Fsp3) is 0.533. The lowest BCUT2D eigenvalue weighted by molar-refractivity contribution is 0.0702. The number of alkyl halides is 1. The summed E-state index contributed by atoms with van der Waals surface area (Å²) in [6, 6.07) is 5.43. The van der Waals surface area contributed by atoms with Crippen molar-refractivity contribution in [3.05, 3.63) is 29.3 Å². The molecule has 0 aromatic heterocycles. The highest BCUT2D eigenvalue weighted by Gasteiger charge is 2.25. The van der Waals surface area contributed by atoms with Gasteiger partial charge in [0.25, 0.3) is 5.91 Å². The normalized spacial score (nSPS) is 20.1. The fourth-order valence-corrected chi connectivity index (χ4v) is 3.19. The van der Waals surface area contributed by atoms with Gasteiger partial charge in [-0.1, -0.05) is 34.8 Å². The van der Waals surface area contributed by atoms with Crippen molar-refractivity contribution < 1.29 is 9.90 Å². The van der Waals surface area contributed by atoms with Crippen LogP contribution in [0.3, 0.4) is 0 Å². The van der Waals surface area contributed by atoms with Crippen molar-refractivity contribution in [3.8, 4) is 5.75 Å². The van der Waals surface area contributed by atoms with Gasteiger partial charge in [-0.25, -0.2) is 0 Å². The molecule has 0 aliphatic carbocycles. The summed E-state index contributed by atoms with van der Waals surface area (Å²) in [7, 11) is 0. The van der Waals surface area contributed by atoms with E-state index >= 15 is 0 Å². The average molecular weight is 326 g/mol. The van der Waals surface area contributed by atoms with Gasteiger partial charge < -0.3 is 10.0 Å². The van der Waals surface area contributed by atoms with Gasteiger partial charge in [-0.15, -0.1) is 0 Å². The van der Waals surface area contributed by atoms with Crippen molar-refractivity contribution in [2.45, 2.75) is 38.6 Å². The van der Waals surface area contributed by atoms with Crippen LogP contribution in [-0.2, 0) is 0 Å². The summed E-state index contributed by atoms with van der Waals surface area (Å²) in [6.07, 6.45) is 4.48. The summed E-state index contributed by atoms with van der Waals surface area (Å²) in [4.78, 5) is 14.5. The van der Waals surface area contributed by atoms with Crippen LogP contribution in [0.15, 0.2) is 18.2 Å². The highest BCUT2D eigenvalue weighted by Crippen LogP contribution is 2.23. The van der Waals surface area contributed by atoms with E-state index in [-0.39, 0.29) is 17.7 Å². The number of halogens is 1. The van der Waals surface area contributed by atoms with Crippen LogP contribution in [-0.4, -0.2) is 33.8 Å². The Kier molecular flexibility index (Phi) is 4.86. The zero-order valence-electron chi connectivity index (χ0n) is 11.2. The van der Waals surface area contributed by atoms with Crippen LogP contribution in [0.4, 0.5) is 0 Å². The van der Waals surface area contributed by atoms with E-state index in [9.17, 15) is 9.90 Å². The van der Waals surface area contributed by atoms with Crippen LogP contribution in [0.25, 0.3) is 0 Å². The van der Waals surface area contributed by atoms with Crippen LogP contribution < -0.4 is 0 Å². The molecule has 0 saturated carbocycles. The first kappa shape index (κ1) is 14.4. The molecule has 3 nitrogen and oxygen atoms in total. The first-order chi connectivity index (χ1) is 9.13. The number of aryl methyl sites for hydroxylation is 1. The van der Waals surface area contributed by atoms with Crippen LogP contribution in [0, 0.1) is 6.92 Å². The molecule has 2 rings (SSSR count). The molecular weight excluding hydrogens is 306 g/mol. The van der Waals surface area contributed by atoms with Gasteiger partial charge in [-0.05, 0) is 37.5 Å². The molecule has 1 aliphatic rings. The van der Waals surface area contributed by atoms with Crippen molar-refractivity contribution in [1.29, 1.82) is 0 Å². The third-order valence-electron chi connectivity index (χ3n) is 3.77. The second kappa shape index (κ2) is 6.42. The number of benzene rings is 1. The molecule has 104 valence electrons. The fourth-order valence-electron chi connectivity index (χ4n) is 2.51. The predicted molar refractivity (Wildman–Crippen MR) is 79.9 cm³/mol. The molecular formula is C15H20BrNO2. The summed E-state index contributed by atoms with van der Waals surface area (Å²) in [5.74, 6) is 0.220. The topological polar surface area (TPSA) is 40.5 Å². The van der Waals surface area contributed by atoms with Gasteiger partial charge in [0.05, 0.1) is 0 Å². The minimum absolute atomic E-state index is 0.0293. The highest BCUT2D eigenvalue weighted by molar-refractivity contribution is 9.09. The summed E-state index contributed by atoms with van der Waals surface area (Å²) >= 11 is 3.51. The Morgan fingerprint density at radius 2 is 2.21 bits per heavy atom. The van der Waals surface area contributed by atoms with E-state index in [1.54, 1.807) is 18.2 Å². The molecule has 1 fully saturated rings. The maximum absolute atomic E-state index is 12.6. The maximum atomic E-state index is 12.6. The summed E-state index contributed by atoms with van der Waals surface area (Å²) in [6.45, 7) is 2.64. The van der Waals surface area contributed by atoms with Gasteiger partial charge in [0.1, 0.15) is 5.75 Å². The van der Waals surface area contributed by atoms with E-state index in [0.717, 1.165) is 30.3 Å². The third kappa shape index (κ3) is 3.30. The maximum Gasteiger partial charge on any atom is 0.254 e. The van der Waals surface area contributed by atoms with Crippen LogP contribution in [0.2, 0.25) is 0 Å². The number of amides is 1. The molecule has 1 unspecified atom stereocenters. The van der Waals surface area contributed by atoms with Crippen LogP contribution >= 0.6 is 15.9 Å². The van der Waals surface area contributed by atoms with Gasteiger partial charge in [-0.3, -0.25) is 4.79 Å². The number of phenols is 1. The van der Waals surface area contributed by atoms with Gasteiger partial charge in [0.15, 0.2) is 0 Å². The van der Waals surface area contributed by atoms with Gasteiger partial charge in [0, 0.05) is 23.5 Å². The molecule has 1 aromatic rings. The second-order valence-electron chi connectivity index (χ2n) is 5.16. The molecule has 1 amide bonds. The van der Waals surface area contributed by atoms with Gasteiger partial charge >= 0.3 is 0 Å². The molecule has 1 aromatic carbocycles. The van der Waals surface area contributed by atoms with Crippen molar-refractivity contribution in [3.63, 3.8) is 0 Å². The number of carbonyl (C=O) groups excluding carboxylic acids is 1. The number of aromatic hydroxyl groups is 1. The molecule has 19 heavy (non-hydrogen) atoms. The van der Waals surface area contributed by atoms with E-state index in [0.29, 0.717) is 5.56 Å². The smallest absolute Gasteiger partial charge is 0.254 e. The van der Waals surface area contributed by atoms with Gasteiger partial charge in [0.2, 0.25) is 0 Å².